The van der Waals surface area contributed by atoms with Gasteiger partial charge in [0.2, 0.25) is 5.88 Å². The largest absolute Gasteiger partial charge is 0.466 e. The van der Waals surface area contributed by atoms with Crippen molar-refractivity contribution in [2.24, 2.45) is 0 Å². The summed E-state index contributed by atoms with van der Waals surface area (Å²) in [5, 5.41) is 11.8. The van der Waals surface area contributed by atoms with Gasteiger partial charge in [-0.25, -0.2) is 9.78 Å². The fraction of sp³-hybridized carbons (Fsp3) is 0.208. The third-order valence-electron chi connectivity index (χ3n) is 5.93. The van der Waals surface area contributed by atoms with Gasteiger partial charge in [0.15, 0.2) is 6.61 Å². The van der Waals surface area contributed by atoms with Gasteiger partial charge in [0.05, 0.1) is 11.2 Å². The number of carbonyl (C=O) groups excluding carboxylic acids is 1. The number of fused-ring (bicyclic) bond motifs is 1. The smallest absolute Gasteiger partial charge is 0.405 e. The molecule has 5 rings (SSSR count). The van der Waals surface area contributed by atoms with E-state index in [2.05, 4.69) is 5.32 Å². The van der Waals surface area contributed by atoms with Crippen LogP contribution in [0.25, 0.3) is 22.4 Å². The number of nitrogens with one attached hydrogen (secondary N) is 1. The first kappa shape index (κ1) is 19.1. The van der Waals surface area contributed by atoms with Crippen molar-refractivity contribution in [1.82, 2.24) is 10.3 Å². The molecule has 7 heteroatoms. The number of anilines is 1. The first-order chi connectivity index (χ1) is 15.0. The Morgan fingerprint density at radius 1 is 1.10 bits per heavy atom. The Hall–Kier alpha value is -3.87. The van der Waals surface area contributed by atoms with Gasteiger partial charge in [0.25, 0.3) is 5.91 Å². The van der Waals surface area contributed by atoms with Gasteiger partial charge in [-0.05, 0) is 30.0 Å². The number of carbonyl (C=O) groups is 2. The molecule has 156 valence electrons. The molecule has 1 aliphatic heterocycles. The van der Waals surface area contributed by atoms with Crippen LogP contribution in [-0.4, -0.2) is 35.7 Å². The van der Waals surface area contributed by atoms with E-state index in [9.17, 15) is 9.59 Å². The molecule has 1 aromatic heterocycles. The molecular formula is C24H21N3O4. The van der Waals surface area contributed by atoms with E-state index >= 15 is 0 Å². The number of nitrogens with zero attached hydrogens (tertiary/aromatic N) is 2. The second kappa shape index (κ2) is 7.12. The Morgan fingerprint density at radius 2 is 1.81 bits per heavy atom. The molecule has 1 fully saturated rings. The van der Waals surface area contributed by atoms with Crippen LogP contribution >= 0.6 is 0 Å². The van der Waals surface area contributed by atoms with Crippen LogP contribution in [0.2, 0.25) is 0 Å². The summed E-state index contributed by atoms with van der Waals surface area (Å²) in [6, 6.07) is 19.6. The molecule has 7 nitrogen and oxygen atoms in total. The van der Waals surface area contributed by atoms with Crippen LogP contribution in [0.4, 0.5) is 10.5 Å². The maximum Gasteiger partial charge on any atom is 0.405 e. The van der Waals surface area contributed by atoms with Crippen LogP contribution in [0.5, 0.6) is 5.88 Å². The van der Waals surface area contributed by atoms with Crippen LogP contribution in [0, 0.1) is 0 Å². The zero-order chi connectivity index (χ0) is 21.6. The van der Waals surface area contributed by atoms with E-state index in [-0.39, 0.29) is 12.5 Å². The molecular weight excluding hydrogens is 394 g/mol. The first-order valence-electron chi connectivity index (χ1n) is 10.1. The fourth-order valence-electron chi connectivity index (χ4n) is 4.01. The molecule has 0 unspecified atom stereocenters. The van der Waals surface area contributed by atoms with Crippen molar-refractivity contribution < 1.29 is 19.4 Å². The molecule has 2 heterocycles. The number of likely N-dealkylation sites (N-methyl/N-ethyl adjacent to an activating group) is 1. The van der Waals surface area contributed by atoms with Gasteiger partial charge in [-0.15, -0.1) is 0 Å². The highest BCUT2D eigenvalue weighted by Gasteiger charge is 2.45. The van der Waals surface area contributed by atoms with Gasteiger partial charge in [-0.3, -0.25) is 4.79 Å². The van der Waals surface area contributed by atoms with Crippen LogP contribution in [0.15, 0.2) is 60.7 Å². The van der Waals surface area contributed by atoms with Gasteiger partial charge in [-0.1, -0.05) is 54.6 Å². The van der Waals surface area contributed by atoms with Gasteiger partial charge < -0.3 is 20.1 Å². The Balaban J connectivity index is 1.60. The highest BCUT2D eigenvalue weighted by molar-refractivity contribution is 5.98. The van der Waals surface area contributed by atoms with Gasteiger partial charge in [0, 0.05) is 18.2 Å². The summed E-state index contributed by atoms with van der Waals surface area (Å²) in [7, 11) is 1.72. The quantitative estimate of drug-likeness (QED) is 0.671. The molecule has 0 spiro atoms. The summed E-state index contributed by atoms with van der Waals surface area (Å²) in [5.41, 5.74) is 4.60. The lowest BCUT2D eigenvalue weighted by atomic mass is 9.96. The average molecular weight is 415 g/mol. The highest BCUT2D eigenvalue weighted by Crippen LogP contribution is 2.46. The Bertz CT molecular complexity index is 1170. The lowest BCUT2D eigenvalue weighted by Crippen LogP contribution is -2.36. The number of aromatic nitrogens is 1. The second-order valence-corrected chi connectivity index (χ2v) is 7.91. The van der Waals surface area contributed by atoms with Crippen molar-refractivity contribution in [1.29, 1.82) is 0 Å². The van der Waals surface area contributed by atoms with E-state index in [1.165, 1.54) is 0 Å². The molecule has 2 aliphatic rings. The number of hydrogen-bond donors (Lipinski definition) is 2. The van der Waals surface area contributed by atoms with Crippen LogP contribution in [0.1, 0.15) is 18.4 Å². The third kappa shape index (κ3) is 3.38. The molecule has 31 heavy (non-hydrogen) atoms. The van der Waals surface area contributed by atoms with Crippen molar-refractivity contribution in [3.63, 3.8) is 0 Å². The van der Waals surface area contributed by atoms with Crippen molar-refractivity contribution in [2.75, 3.05) is 18.6 Å². The number of amides is 2. The highest BCUT2D eigenvalue weighted by atomic mass is 16.5. The minimum Gasteiger partial charge on any atom is -0.466 e. The lowest BCUT2D eigenvalue weighted by Gasteiger charge is -2.26. The summed E-state index contributed by atoms with van der Waals surface area (Å²) in [5.74, 6) is 0.304. The predicted molar refractivity (Wildman–Crippen MR) is 116 cm³/mol. The summed E-state index contributed by atoms with van der Waals surface area (Å²) in [6.45, 7) is -0.0388. The zero-order valence-electron chi connectivity index (χ0n) is 17.0. The number of rotatable bonds is 4. The maximum atomic E-state index is 12.1. The monoisotopic (exact) mass is 415 g/mol. The topological polar surface area (TPSA) is 91.8 Å². The zero-order valence-corrected chi connectivity index (χ0v) is 17.0. The van der Waals surface area contributed by atoms with E-state index < -0.39 is 11.6 Å². The number of carboxylic acid groups (broad SMARTS) is 1. The van der Waals surface area contributed by atoms with Crippen molar-refractivity contribution >= 4 is 17.7 Å². The number of benzene rings is 2. The standard InChI is InChI=1S/C24H21N3O4/c1-27-19-13-18(15-5-3-2-4-6-15)21(25-22(19)31-14-20(27)28)16-7-9-17(10-8-16)24(11-12-24)26-23(29)30/h2-10,13,26H,11-12,14H2,1H3,(H,29,30). The van der Waals surface area contributed by atoms with E-state index in [1.807, 2.05) is 60.7 Å². The summed E-state index contributed by atoms with van der Waals surface area (Å²) >= 11 is 0. The molecule has 0 bridgehead atoms. The lowest BCUT2D eigenvalue weighted by molar-refractivity contribution is -0.121. The van der Waals surface area contributed by atoms with Crippen LogP contribution < -0.4 is 15.0 Å². The average Bonchev–Trinajstić information content (AvgIpc) is 3.56. The van der Waals surface area contributed by atoms with Crippen molar-refractivity contribution in [2.45, 2.75) is 18.4 Å². The summed E-state index contributed by atoms with van der Waals surface area (Å²) in [4.78, 5) is 29.6. The minimum atomic E-state index is -1.01. The van der Waals surface area contributed by atoms with Gasteiger partial charge >= 0.3 is 6.09 Å². The number of ether oxygens (including phenoxy) is 1. The molecule has 0 saturated heterocycles. The Kier molecular flexibility index (Phi) is 4.39. The van der Waals surface area contributed by atoms with E-state index in [0.717, 1.165) is 40.8 Å². The van der Waals surface area contributed by atoms with E-state index in [1.54, 1.807) is 11.9 Å². The molecule has 2 amide bonds. The molecule has 2 N–H and O–H groups in total. The van der Waals surface area contributed by atoms with Crippen molar-refractivity contribution in [3.8, 4) is 28.3 Å². The normalized spacial score (nSPS) is 16.3. The maximum absolute atomic E-state index is 12.1. The van der Waals surface area contributed by atoms with Crippen LogP contribution in [0.3, 0.4) is 0 Å². The van der Waals surface area contributed by atoms with Crippen molar-refractivity contribution in [3.05, 3.63) is 66.2 Å². The molecule has 3 aromatic rings. The third-order valence-corrected chi connectivity index (χ3v) is 5.93. The predicted octanol–water partition coefficient (Wildman–Crippen LogP) is 4.03. The molecule has 0 radical (unpaired) electrons. The second-order valence-electron chi connectivity index (χ2n) is 7.91. The fourth-order valence-corrected chi connectivity index (χ4v) is 4.01. The Labute approximate surface area is 179 Å². The van der Waals surface area contributed by atoms with Gasteiger partial charge in [0.1, 0.15) is 5.69 Å². The molecule has 2 aromatic carbocycles. The molecule has 1 saturated carbocycles. The molecule has 1 aliphatic carbocycles. The summed E-state index contributed by atoms with van der Waals surface area (Å²) in [6.07, 6.45) is 0.568. The molecule has 0 atom stereocenters. The SMILES string of the molecule is CN1C(=O)COc2nc(-c3ccc(C4(NC(=O)O)CC4)cc3)c(-c3ccccc3)cc21. The number of hydrogen-bond acceptors (Lipinski definition) is 4. The van der Waals surface area contributed by atoms with E-state index in [4.69, 9.17) is 14.8 Å². The Morgan fingerprint density at radius 3 is 2.45 bits per heavy atom. The van der Waals surface area contributed by atoms with Crippen LogP contribution in [-0.2, 0) is 10.3 Å². The minimum absolute atomic E-state index is 0.0388. The van der Waals surface area contributed by atoms with E-state index in [0.29, 0.717) is 11.6 Å². The number of pyridine rings is 1. The van der Waals surface area contributed by atoms with Gasteiger partial charge in [-0.2, -0.15) is 0 Å². The first-order valence-corrected chi connectivity index (χ1v) is 10.1. The summed E-state index contributed by atoms with van der Waals surface area (Å²) < 4.78 is 5.61.